The number of piperazine rings is 1. The lowest BCUT2D eigenvalue weighted by atomic mass is 10.2. The van der Waals surface area contributed by atoms with Crippen LogP contribution in [-0.2, 0) is 18.8 Å². The third-order valence-electron chi connectivity index (χ3n) is 8.36. The molecule has 3 aromatic rings. The Bertz CT molecular complexity index is 1560. The predicted molar refractivity (Wildman–Crippen MR) is 178 cm³/mol. The molecule has 15 heteroatoms. The van der Waals surface area contributed by atoms with Crippen molar-refractivity contribution in [3.63, 3.8) is 0 Å². The first-order valence-corrected chi connectivity index (χ1v) is 17.7. The van der Waals surface area contributed by atoms with E-state index in [0.717, 1.165) is 42.4 Å². The van der Waals surface area contributed by atoms with Crippen molar-refractivity contribution >= 4 is 47.8 Å². The average molecular weight is 656 g/mol. The Labute approximate surface area is 270 Å². The molecule has 4 heterocycles. The fourth-order valence-corrected chi connectivity index (χ4v) is 8.38. The Morgan fingerprint density at radius 2 is 1.78 bits per heavy atom. The summed E-state index contributed by atoms with van der Waals surface area (Å²) in [7, 11) is 1.85. The topological polar surface area (TPSA) is 147 Å². The molecule has 1 aliphatic heterocycles. The van der Waals surface area contributed by atoms with E-state index >= 15 is 0 Å². The number of ether oxygens (including phenoxy) is 2. The monoisotopic (exact) mass is 655 g/mol. The highest BCUT2D eigenvalue weighted by molar-refractivity contribution is 7.59. The molecule has 1 unspecified atom stereocenters. The maximum Gasteiger partial charge on any atom is 0.323 e. The molecule has 1 amide bonds. The number of aromatic nitrogens is 4. The zero-order valence-electron chi connectivity index (χ0n) is 27.6. The van der Waals surface area contributed by atoms with Gasteiger partial charge in [0.25, 0.3) is 5.91 Å². The number of anilines is 3. The van der Waals surface area contributed by atoms with Gasteiger partial charge in [-0.3, -0.25) is 14.2 Å². The molecule has 1 saturated carbocycles. The van der Waals surface area contributed by atoms with E-state index in [0.29, 0.717) is 43.6 Å². The van der Waals surface area contributed by atoms with Gasteiger partial charge in [-0.05, 0) is 51.8 Å². The number of pyridine rings is 1. The largest absolute Gasteiger partial charge is 0.462 e. The first-order chi connectivity index (χ1) is 22.0. The maximum absolute atomic E-state index is 13.9. The van der Waals surface area contributed by atoms with Crippen LogP contribution < -0.4 is 15.3 Å². The minimum Gasteiger partial charge on any atom is -0.462 e. The molecule has 2 N–H and O–H groups in total. The molecule has 5 rings (SSSR count). The van der Waals surface area contributed by atoms with E-state index in [9.17, 15) is 14.2 Å². The van der Waals surface area contributed by atoms with E-state index in [4.69, 9.17) is 14.5 Å². The maximum atomic E-state index is 13.9. The van der Waals surface area contributed by atoms with Gasteiger partial charge in [-0.2, -0.15) is 4.98 Å². The van der Waals surface area contributed by atoms with Crippen LogP contribution in [0.1, 0.15) is 63.0 Å². The number of rotatable bonds is 12. The van der Waals surface area contributed by atoms with E-state index in [1.807, 2.05) is 22.9 Å². The summed E-state index contributed by atoms with van der Waals surface area (Å²) in [4.78, 5) is 43.1. The van der Waals surface area contributed by atoms with Crippen molar-refractivity contribution in [3.8, 4) is 0 Å². The molecule has 2 fully saturated rings. The lowest BCUT2D eigenvalue weighted by Crippen LogP contribution is -2.49. The van der Waals surface area contributed by atoms with Crippen molar-refractivity contribution in [2.45, 2.75) is 64.6 Å². The van der Waals surface area contributed by atoms with Crippen LogP contribution >= 0.6 is 7.44 Å². The van der Waals surface area contributed by atoms with E-state index in [1.54, 1.807) is 52.2 Å². The summed E-state index contributed by atoms with van der Waals surface area (Å²) in [5.41, 5.74) is 2.32. The molecular weight excluding hydrogens is 609 g/mol. The molecule has 0 bridgehead atoms. The van der Waals surface area contributed by atoms with E-state index < -0.39 is 19.5 Å². The molecule has 46 heavy (non-hydrogen) atoms. The SMILES string of the molecule is COCP(=O)(N[C@@H](C)C(=O)OC(C)C)N1CCN(c2ccc(Nc3ncc4cc(C(=O)N(C)C)n(C5CCCC5)c4n3)nc2)CC1. The van der Waals surface area contributed by atoms with Gasteiger partial charge in [0.1, 0.15) is 29.5 Å². The third-order valence-corrected chi connectivity index (χ3v) is 11.1. The van der Waals surface area contributed by atoms with Gasteiger partial charge >= 0.3 is 5.97 Å². The summed E-state index contributed by atoms with van der Waals surface area (Å²) in [5.74, 6) is 0.523. The molecule has 0 radical (unpaired) electrons. The Kier molecular flexibility index (Phi) is 10.6. The van der Waals surface area contributed by atoms with Gasteiger partial charge in [0, 0.05) is 65.0 Å². The zero-order valence-corrected chi connectivity index (χ0v) is 28.5. The van der Waals surface area contributed by atoms with Crippen molar-refractivity contribution in [3.05, 3.63) is 36.3 Å². The molecule has 14 nitrogen and oxygen atoms in total. The second-order valence-corrected chi connectivity index (χ2v) is 14.9. The van der Waals surface area contributed by atoms with Crippen molar-refractivity contribution in [1.29, 1.82) is 0 Å². The minimum absolute atomic E-state index is 0.0132. The van der Waals surface area contributed by atoms with Gasteiger partial charge in [0.05, 0.1) is 18.0 Å². The first kappa shape index (κ1) is 33.8. The van der Waals surface area contributed by atoms with Crippen LogP contribution in [0.2, 0.25) is 0 Å². The summed E-state index contributed by atoms with van der Waals surface area (Å²) in [6.07, 6.45) is 7.60. The summed E-state index contributed by atoms with van der Waals surface area (Å²) in [6, 6.07) is 5.25. The van der Waals surface area contributed by atoms with Crippen molar-refractivity contribution < 1.29 is 23.6 Å². The summed E-state index contributed by atoms with van der Waals surface area (Å²) >= 11 is 0. The molecule has 250 valence electrons. The quantitative estimate of drug-likeness (QED) is 0.213. The van der Waals surface area contributed by atoms with Crippen molar-refractivity contribution in [2.24, 2.45) is 0 Å². The van der Waals surface area contributed by atoms with Gasteiger partial charge in [0.15, 0.2) is 0 Å². The first-order valence-electron chi connectivity index (χ1n) is 15.9. The number of methoxy groups -OCH3 is 1. The number of carbonyl (C=O) groups is 2. The summed E-state index contributed by atoms with van der Waals surface area (Å²) < 4.78 is 28.4. The number of hydrogen-bond acceptors (Lipinski definition) is 10. The molecule has 2 aliphatic rings. The molecule has 1 saturated heterocycles. The molecular formula is C31H46N9O5P. The number of fused-ring (bicyclic) bond motifs is 1. The third kappa shape index (κ3) is 7.52. The van der Waals surface area contributed by atoms with Crippen LogP contribution in [0.3, 0.4) is 0 Å². The number of carbonyl (C=O) groups excluding carboxylic acids is 2. The number of nitrogens with one attached hydrogen (secondary N) is 2. The Hall–Kier alpha value is -3.58. The molecule has 0 aromatic carbocycles. The number of amides is 1. The Morgan fingerprint density at radius 3 is 2.39 bits per heavy atom. The Balaban J connectivity index is 1.24. The summed E-state index contributed by atoms with van der Waals surface area (Å²) in [5, 5.41) is 7.06. The zero-order chi connectivity index (χ0) is 33.0. The standard InChI is InChI=1S/C31H46N9O5P/c1-21(2)45-30(42)22(3)36-46(43,20-44-6)39-15-13-38(14-16-39)25-11-12-27(32-19-25)34-31-33-18-23-17-26(29(41)37(4)5)40(28(23)35-31)24-9-7-8-10-24/h11-12,17-19,21-22,24H,7-10,13-16,20H2,1-6H3,(H,36,43)(H,32,33,34,35)/t22-,46?/m0/s1. The van der Waals surface area contributed by atoms with Gasteiger partial charge in [-0.15, -0.1) is 0 Å². The fraction of sp³-hybridized carbons (Fsp3) is 0.581. The van der Waals surface area contributed by atoms with Gasteiger partial charge in [0.2, 0.25) is 13.4 Å². The lowest BCUT2D eigenvalue weighted by molar-refractivity contribution is -0.149. The highest BCUT2D eigenvalue weighted by Crippen LogP contribution is 2.46. The number of nitrogens with zero attached hydrogens (tertiary/aromatic N) is 7. The van der Waals surface area contributed by atoms with Gasteiger partial charge in [-0.25, -0.2) is 19.7 Å². The lowest BCUT2D eigenvalue weighted by Gasteiger charge is -2.40. The van der Waals surface area contributed by atoms with Crippen molar-refractivity contribution in [2.75, 3.05) is 63.9 Å². The summed E-state index contributed by atoms with van der Waals surface area (Å²) in [6.45, 7) is 7.51. The van der Waals surface area contributed by atoms with E-state index in [1.165, 1.54) is 7.11 Å². The van der Waals surface area contributed by atoms with Crippen LogP contribution in [0.4, 0.5) is 17.5 Å². The molecule has 1 aliphatic carbocycles. The van der Waals surface area contributed by atoms with Crippen LogP contribution in [0.15, 0.2) is 30.6 Å². The number of hydrogen-bond donors (Lipinski definition) is 2. The van der Waals surface area contributed by atoms with Crippen LogP contribution in [-0.4, -0.2) is 107 Å². The highest BCUT2D eigenvalue weighted by Gasteiger charge is 2.36. The van der Waals surface area contributed by atoms with Gasteiger partial charge < -0.3 is 29.2 Å². The van der Waals surface area contributed by atoms with E-state index in [2.05, 4.69) is 29.8 Å². The predicted octanol–water partition coefficient (Wildman–Crippen LogP) is 4.24. The molecule has 3 aromatic heterocycles. The second kappa shape index (κ2) is 14.5. The van der Waals surface area contributed by atoms with Gasteiger partial charge in [-0.1, -0.05) is 12.8 Å². The average Bonchev–Trinajstić information content (AvgIpc) is 3.69. The van der Waals surface area contributed by atoms with Crippen LogP contribution in [0, 0.1) is 0 Å². The number of esters is 1. The Morgan fingerprint density at radius 1 is 1.07 bits per heavy atom. The highest BCUT2D eigenvalue weighted by atomic mass is 31.2. The fourth-order valence-electron chi connectivity index (χ4n) is 6.10. The van der Waals surface area contributed by atoms with Crippen LogP contribution in [0.5, 0.6) is 0 Å². The molecule has 2 atom stereocenters. The van der Waals surface area contributed by atoms with Crippen molar-refractivity contribution in [1.82, 2.24) is 34.2 Å². The normalized spacial score (nSPS) is 18.1. The smallest absolute Gasteiger partial charge is 0.323 e. The van der Waals surface area contributed by atoms with E-state index in [-0.39, 0.29) is 24.4 Å². The van der Waals surface area contributed by atoms with Crippen LogP contribution in [0.25, 0.3) is 11.0 Å². The minimum atomic E-state index is -3.18. The second-order valence-electron chi connectivity index (χ2n) is 12.4. The molecule has 0 spiro atoms.